The molecule has 0 saturated heterocycles. The molecule has 20 heteroatoms. The van der Waals surface area contributed by atoms with Crippen LogP contribution in [0.2, 0.25) is 35.9 Å². The Morgan fingerprint density at radius 1 is 1.08 bits per heavy atom. The second kappa shape index (κ2) is 21.2. The summed E-state index contributed by atoms with van der Waals surface area (Å²) in [5, 5.41) is 5.15. The van der Waals surface area contributed by atoms with E-state index in [1.807, 2.05) is 0 Å². The SMILES string of the molecule is CCOP(=O)(CC(=O)N(CCC(=O)c1c(F)ccc(Cl)c1F)[C@H]1CCC[C@@H](C)C(=O)Nc2cc(NC(=O)OC)ccc2-c2nc1n(COCC[Si](C)(C)C)c2Cl)OCC. The summed E-state index contributed by atoms with van der Waals surface area (Å²) in [5.74, 6) is -4.78. The molecule has 2 bridgehead atoms. The second-order valence-corrected chi connectivity index (χ2v) is 23.6. The van der Waals surface area contributed by atoms with E-state index in [1.165, 1.54) is 18.1 Å². The zero-order valence-corrected chi connectivity index (χ0v) is 37.7. The fourth-order valence-electron chi connectivity index (χ4n) is 6.42. The Bertz CT molecular complexity index is 2060. The summed E-state index contributed by atoms with van der Waals surface area (Å²) in [6.45, 7) is 11.3. The van der Waals surface area contributed by atoms with Gasteiger partial charge in [-0.05, 0) is 63.1 Å². The number of fused-ring (bicyclic) bond motifs is 4. The highest BCUT2D eigenvalue weighted by Gasteiger charge is 2.37. The van der Waals surface area contributed by atoms with E-state index in [2.05, 4.69) is 30.3 Å². The molecule has 0 fully saturated rings. The first-order chi connectivity index (χ1) is 27.8. The Kier molecular flexibility index (Phi) is 17.2. The average Bonchev–Trinajstić information content (AvgIpc) is 3.48. The third kappa shape index (κ3) is 12.7. The first-order valence-corrected chi connectivity index (χ1v) is 25.5. The molecule has 59 heavy (non-hydrogen) atoms. The fraction of sp³-hybridized carbons (Fsp3) is 0.513. The molecule has 1 aliphatic rings. The number of nitrogens with zero attached hydrogens (tertiary/aromatic N) is 3. The summed E-state index contributed by atoms with van der Waals surface area (Å²) >= 11 is 13.1. The fourth-order valence-corrected chi connectivity index (χ4v) is 9.17. The Balaban J connectivity index is 1.94. The summed E-state index contributed by atoms with van der Waals surface area (Å²) < 4.78 is 67.3. The molecule has 2 N–H and O–H groups in total. The maximum Gasteiger partial charge on any atom is 0.411 e. The predicted octanol–water partition coefficient (Wildman–Crippen LogP) is 9.79. The maximum absolute atomic E-state index is 15.1. The number of amides is 3. The maximum atomic E-state index is 15.1. The molecule has 4 rings (SSSR count). The standard InChI is InChI=1S/C39H52Cl2F2N5O9PSi/c1-8-56-58(53,57-9-2)22-32(50)47(18-17-31(49)33-28(42)16-15-27(40)34(33)43)30-12-10-11-24(3)38(51)45-29-21-25(44-39(52)54-4)13-14-26(29)35-36(41)48(37(30)46-35)23-55-19-20-59(5,6)7/h13-16,21,24,30H,8-12,17-20,22-23H2,1-7H3,(H,44,52)(H,45,51)/t24-,30+/m1/s1. The van der Waals surface area contributed by atoms with Crippen molar-refractivity contribution in [1.82, 2.24) is 14.5 Å². The molecule has 1 aliphatic heterocycles. The van der Waals surface area contributed by atoms with Crippen LogP contribution in [0.15, 0.2) is 30.3 Å². The van der Waals surface area contributed by atoms with Crippen LogP contribution in [0.3, 0.4) is 0 Å². The molecule has 3 aromatic rings. The normalized spacial score (nSPS) is 16.0. The molecule has 1 aromatic heterocycles. The molecule has 0 aliphatic carbocycles. The number of imidazole rings is 1. The summed E-state index contributed by atoms with van der Waals surface area (Å²) in [6, 6.07) is 6.38. The highest BCUT2D eigenvalue weighted by atomic mass is 35.5. The van der Waals surface area contributed by atoms with Crippen molar-refractivity contribution in [2.45, 2.75) is 84.9 Å². The highest BCUT2D eigenvalue weighted by Crippen LogP contribution is 2.49. The molecule has 0 unspecified atom stereocenters. The summed E-state index contributed by atoms with van der Waals surface area (Å²) in [4.78, 5) is 60.1. The predicted molar refractivity (Wildman–Crippen MR) is 225 cm³/mol. The van der Waals surface area contributed by atoms with Gasteiger partial charge in [-0.25, -0.2) is 18.6 Å². The number of hydrogen-bond acceptors (Lipinski definition) is 10. The molecule has 0 radical (unpaired) electrons. The van der Waals surface area contributed by atoms with Gasteiger partial charge in [-0.15, -0.1) is 0 Å². The van der Waals surface area contributed by atoms with Crippen molar-refractivity contribution in [1.29, 1.82) is 0 Å². The first kappa shape index (κ1) is 48.0. The van der Waals surface area contributed by atoms with E-state index in [1.54, 1.807) is 37.5 Å². The van der Waals surface area contributed by atoms with Crippen LogP contribution in [0, 0.1) is 17.6 Å². The Morgan fingerprint density at radius 3 is 2.42 bits per heavy atom. The Labute approximate surface area is 354 Å². The van der Waals surface area contributed by atoms with E-state index in [0.29, 0.717) is 30.7 Å². The van der Waals surface area contributed by atoms with Crippen LogP contribution in [-0.4, -0.2) is 85.9 Å². The number of carbonyl (C=O) groups is 4. The number of ether oxygens (including phenoxy) is 2. The Morgan fingerprint density at radius 2 is 1.78 bits per heavy atom. The van der Waals surface area contributed by atoms with Gasteiger partial charge in [-0.2, -0.15) is 0 Å². The van der Waals surface area contributed by atoms with Crippen LogP contribution in [-0.2, 0) is 39.4 Å². The van der Waals surface area contributed by atoms with Gasteiger partial charge >= 0.3 is 13.7 Å². The van der Waals surface area contributed by atoms with Gasteiger partial charge in [0.25, 0.3) is 0 Å². The van der Waals surface area contributed by atoms with Gasteiger partial charge in [0.05, 0.1) is 42.6 Å². The smallest absolute Gasteiger partial charge is 0.411 e. The lowest BCUT2D eigenvalue weighted by Crippen LogP contribution is -2.40. The molecule has 0 saturated carbocycles. The number of benzene rings is 2. The minimum absolute atomic E-state index is 0.0336. The highest BCUT2D eigenvalue weighted by molar-refractivity contribution is 7.54. The second-order valence-electron chi connectivity index (χ2n) is 15.2. The van der Waals surface area contributed by atoms with Crippen LogP contribution in [0.5, 0.6) is 0 Å². The minimum atomic E-state index is -4.03. The molecular weight excluding hydrogens is 850 g/mol. The van der Waals surface area contributed by atoms with Crippen molar-refractivity contribution in [2.24, 2.45) is 5.92 Å². The number of methoxy groups -OCH3 is 1. The number of carbonyl (C=O) groups excluding carboxylic acids is 4. The van der Waals surface area contributed by atoms with E-state index in [0.717, 1.165) is 18.2 Å². The number of aromatic nitrogens is 2. The zero-order valence-electron chi connectivity index (χ0n) is 34.3. The van der Waals surface area contributed by atoms with E-state index in [9.17, 15) is 28.1 Å². The minimum Gasteiger partial charge on any atom is -0.453 e. The lowest BCUT2D eigenvalue weighted by Gasteiger charge is -2.33. The van der Waals surface area contributed by atoms with Gasteiger partial charge in [0.15, 0.2) is 11.6 Å². The number of anilines is 2. The number of halogens is 4. The molecule has 324 valence electrons. The third-order valence-electron chi connectivity index (χ3n) is 9.56. The van der Waals surface area contributed by atoms with Gasteiger partial charge in [-0.1, -0.05) is 56.2 Å². The van der Waals surface area contributed by atoms with Gasteiger partial charge in [0.1, 0.15) is 35.4 Å². The zero-order chi connectivity index (χ0) is 43.7. The van der Waals surface area contributed by atoms with E-state index < -0.39 is 86.8 Å². The van der Waals surface area contributed by atoms with Crippen molar-refractivity contribution >= 4 is 73.9 Å². The molecule has 3 amide bonds. The van der Waals surface area contributed by atoms with Gasteiger partial charge in [0.2, 0.25) is 11.8 Å². The van der Waals surface area contributed by atoms with Gasteiger partial charge in [-0.3, -0.25) is 28.8 Å². The quantitative estimate of drug-likeness (QED) is 0.0438. The molecule has 2 aromatic carbocycles. The molecule has 2 atom stereocenters. The third-order valence-corrected chi connectivity index (χ3v) is 13.9. The topological polar surface area (TPSA) is 167 Å². The average molecular weight is 903 g/mol. The number of rotatable bonds is 17. The lowest BCUT2D eigenvalue weighted by atomic mass is 9.98. The Hall–Kier alpha value is -3.70. The van der Waals surface area contributed by atoms with Crippen LogP contribution in [0.1, 0.15) is 68.7 Å². The molecule has 2 heterocycles. The lowest BCUT2D eigenvalue weighted by molar-refractivity contribution is -0.131. The summed E-state index contributed by atoms with van der Waals surface area (Å²) in [5.41, 5.74) is 0.266. The van der Waals surface area contributed by atoms with Crippen LogP contribution < -0.4 is 10.6 Å². The van der Waals surface area contributed by atoms with Crippen molar-refractivity contribution in [2.75, 3.05) is 50.3 Å². The monoisotopic (exact) mass is 901 g/mol. The summed E-state index contributed by atoms with van der Waals surface area (Å²) in [7, 11) is -4.36. The number of nitrogens with one attached hydrogen (secondary N) is 2. The van der Waals surface area contributed by atoms with E-state index >= 15 is 4.39 Å². The number of Topliss-reactive ketones (excluding diaryl/α,β-unsaturated/α-hetero) is 1. The van der Waals surface area contributed by atoms with Crippen molar-refractivity contribution < 1.29 is 51.0 Å². The van der Waals surface area contributed by atoms with E-state index in [4.69, 9.17) is 46.7 Å². The van der Waals surface area contributed by atoms with Crippen LogP contribution in [0.4, 0.5) is 25.0 Å². The van der Waals surface area contributed by atoms with Crippen LogP contribution in [0.25, 0.3) is 11.3 Å². The summed E-state index contributed by atoms with van der Waals surface area (Å²) in [6.07, 6.45) is -1.23. The first-order valence-electron chi connectivity index (χ1n) is 19.3. The van der Waals surface area contributed by atoms with Crippen molar-refractivity contribution in [3.63, 3.8) is 0 Å². The van der Waals surface area contributed by atoms with E-state index in [-0.39, 0.29) is 54.6 Å². The number of hydrogen-bond donors (Lipinski definition) is 2. The molecule has 0 spiro atoms. The molecule has 14 nitrogen and oxygen atoms in total. The number of ketones is 1. The largest absolute Gasteiger partial charge is 0.453 e. The van der Waals surface area contributed by atoms with Crippen LogP contribution >= 0.6 is 30.8 Å². The molecular formula is C39H52Cl2F2N5O9PSi. The van der Waals surface area contributed by atoms with Gasteiger partial charge < -0.3 is 28.7 Å². The van der Waals surface area contributed by atoms with Gasteiger partial charge in [0, 0.05) is 44.8 Å². The van der Waals surface area contributed by atoms with Crippen molar-refractivity contribution in [3.05, 3.63) is 63.5 Å². The van der Waals surface area contributed by atoms with Crippen molar-refractivity contribution in [3.8, 4) is 11.3 Å².